The number of carbonyl (C=O) groups excluding carboxylic acids is 1. The van der Waals surface area contributed by atoms with Gasteiger partial charge in [-0.25, -0.2) is 0 Å². The maximum absolute atomic E-state index is 11.0. The third kappa shape index (κ3) is 2.74. The third-order valence-corrected chi connectivity index (χ3v) is 2.25. The maximum atomic E-state index is 11.0. The normalized spacial score (nSPS) is 12.3. The molecule has 0 N–H and O–H groups in total. The van der Waals surface area contributed by atoms with Crippen LogP contribution in [-0.4, -0.2) is 11.9 Å². The second-order valence-corrected chi connectivity index (χ2v) is 3.72. The number of hydrogen-bond donors (Lipinski definition) is 0. The zero-order valence-corrected chi connectivity index (χ0v) is 9.26. The molecule has 2 nitrogen and oxygen atoms in total. The molecule has 1 atom stereocenters. The summed E-state index contributed by atoms with van der Waals surface area (Å²) in [4.78, 5) is 11.0. The van der Waals surface area contributed by atoms with Gasteiger partial charge in [0, 0.05) is 5.02 Å². The molecule has 0 aromatic heterocycles. The van der Waals surface area contributed by atoms with E-state index in [-0.39, 0.29) is 5.78 Å². The highest BCUT2D eigenvalue weighted by molar-refractivity contribution is 6.30. The zero-order valence-electron chi connectivity index (χ0n) is 8.50. The molecule has 1 aromatic carbocycles. The number of Topliss-reactive ketones (excluding diaryl/α,β-unsaturated/α-hetero) is 1. The van der Waals surface area contributed by atoms with Crippen molar-refractivity contribution in [2.45, 2.75) is 26.9 Å². The van der Waals surface area contributed by atoms with Crippen molar-refractivity contribution in [3.05, 3.63) is 28.8 Å². The lowest BCUT2D eigenvalue weighted by Gasteiger charge is -2.13. The molecule has 0 amide bonds. The number of hydrogen-bond acceptors (Lipinski definition) is 2. The fraction of sp³-hybridized carbons (Fsp3) is 0.364. The summed E-state index contributed by atoms with van der Waals surface area (Å²) in [5.74, 6) is 0.719. The van der Waals surface area contributed by atoms with Gasteiger partial charge >= 0.3 is 0 Å². The fourth-order valence-corrected chi connectivity index (χ4v) is 1.25. The van der Waals surface area contributed by atoms with E-state index in [1.165, 1.54) is 6.92 Å². The summed E-state index contributed by atoms with van der Waals surface area (Å²) < 4.78 is 5.45. The predicted molar refractivity (Wildman–Crippen MR) is 57.0 cm³/mol. The highest BCUT2D eigenvalue weighted by atomic mass is 35.5. The van der Waals surface area contributed by atoms with Gasteiger partial charge in [-0.05, 0) is 44.5 Å². The molecular weight excluding hydrogens is 200 g/mol. The summed E-state index contributed by atoms with van der Waals surface area (Å²) in [6.07, 6.45) is -0.408. The van der Waals surface area contributed by atoms with Crippen LogP contribution in [0.3, 0.4) is 0 Å². The van der Waals surface area contributed by atoms with E-state index >= 15 is 0 Å². The van der Waals surface area contributed by atoms with Crippen LogP contribution >= 0.6 is 11.6 Å². The minimum Gasteiger partial charge on any atom is -0.483 e. The van der Waals surface area contributed by atoms with Gasteiger partial charge in [0.25, 0.3) is 0 Å². The Balaban J connectivity index is 2.82. The van der Waals surface area contributed by atoms with Gasteiger partial charge in [-0.2, -0.15) is 0 Å². The van der Waals surface area contributed by atoms with Gasteiger partial charge in [0.05, 0.1) is 0 Å². The highest BCUT2D eigenvalue weighted by Gasteiger charge is 2.10. The molecule has 0 bridgehead atoms. The van der Waals surface area contributed by atoms with Crippen molar-refractivity contribution in [2.24, 2.45) is 0 Å². The molecule has 0 saturated carbocycles. The third-order valence-electron chi connectivity index (χ3n) is 2.01. The Labute approximate surface area is 88.8 Å². The van der Waals surface area contributed by atoms with Gasteiger partial charge in [0.2, 0.25) is 0 Å². The number of ether oxygens (including phenoxy) is 1. The van der Waals surface area contributed by atoms with Crippen LogP contribution < -0.4 is 4.74 Å². The lowest BCUT2D eigenvalue weighted by Crippen LogP contribution is -2.20. The summed E-state index contributed by atoms with van der Waals surface area (Å²) in [5.41, 5.74) is 0.936. The quantitative estimate of drug-likeness (QED) is 0.770. The summed E-state index contributed by atoms with van der Waals surface area (Å²) in [6.45, 7) is 5.14. The fourth-order valence-electron chi connectivity index (χ4n) is 1.02. The Morgan fingerprint density at radius 1 is 1.50 bits per heavy atom. The largest absolute Gasteiger partial charge is 0.483 e. The molecule has 0 aliphatic heterocycles. The van der Waals surface area contributed by atoms with Crippen molar-refractivity contribution in [2.75, 3.05) is 0 Å². The summed E-state index contributed by atoms with van der Waals surface area (Å²) >= 11 is 5.79. The van der Waals surface area contributed by atoms with Crippen molar-refractivity contribution < 1.29 is 9.53 Å². The van der Waals surface area contributed by atoms with Gasteiger partial charge in [0.1, 0.15) is 5.75 Å². The molecule has 0 unspecified atom stereocenters. The number of ketones is 1. The second kappa shape index (κ2) is 4.47. The smallest absolute Gasteiger partial charge is 0.169 e. The minimum absolute atomic E-state index is 0.0133. The number of aryl methyl sites for hydroxylation is 1. The molecule has 0 spiro atoms. The number of benzene rings is 1. The van der Waals surface area contributed by atoms with Crippen molar-refractivity contribution in [3.8, 4) is 5.75 Å². The van der Waals surface area contributed by atoms with Crippen LogP contribution in [0, 0.1) is 6.92 Å². The molecule has 0 fully saturated rings. The van der Waals surface area contributed by atoms with E-state index in [0.717, 1.165) is 5.56 Å². The highest BCUT2D eigenvalue weighted by Crippen LogP contribution is 2.22. The van der Waals surface area contributed by atoms with Crippen molar-refractivity contribution in [1.82, 2.24) is 0 Å². The Bertz CT molecular complexity index is 347. The van der Waals surface area contributed by atoms with Crippen LogP contribution in [0.25, 0.3) is 0 Å². The number of carbonyl (C=O) groups is 1. The Hall–Kier alpha value is -1.02. The van der Waals surface area contributed by atoms with E-state index in [9.17, 15) is 4.79 Å². The van der Waals surface area contributed by atoms with E-state index in [4.69, 9.17) is 16.3 Å². The average Bonchev–Trinajstić information content (AvgIpc) is 2.09. The first-order valence-electron chi connectivity index (χ1n) is 4.44. The summed E-state index contributed by atoms with van der Waals surface area (Å²) in [6, 6.07) is 5.33. The van der Waals surface area contributed by atoms with Crippen molar-refractivity contribution in [3.63, 3.8) is 0 Å². The van der Waals surface area contributed by atoms with E-state index in [2.05, 4.69) is 0 Å². The molecule has 76 valence electrons. The molecule has 1 rings (SSSR count). The van der Waals surface area contributed by atoms with Gasteiger partial charge < -0.3 is 4.74 Å². The lowest BCUT2D eigenvalue weighted by molar-refractivity contribution is -0.122. The minimum atomic E-state index is -0.408. The molecule has 14 heavy (non-hydrogen) atoms. The van der Waals surface area contributed by atoms with Crippen LogP contribution in [0.4, 0.5) is 0 Å². The molecule has 1 aromatic rings. The molecule has 0 saturated heterocycles. The van der Waals surface area contributed by atoms with Gasteiger partial charge in [-0.1, -0.05) is 11.6 Å². The first-order chi connectivity index (χ1) is 6.50. The lowest BCUT2D eigenvalue weighted by atomic mass is 10.2. The number of halogens is 1. The molecule has 0 radical (unpaired) electrons. The Kier molecular flexibility index (Phi) is 3.53. The molecule has 3 heteroatoms. The van der Waals surface area contributed by atoms with Gasteiger partial charge in [0.15, 0.2) is 11.9 Å². The monoisotopic (exact) mass is 212 g/mol. The predicted octanol–water partition coefficient (Wildman–Crippen LogP) is 3.00. The molecular formula is C11H13ClO2. The molecule has 0 aliphatic carbocycles. The number of rotatable bonds is 3. The van der Waals surface area contributed by atoms with Crippen LogP contribution in [0.15, 0.2) is 18.2 Å². The maximum Gasteiger partial charge on any atom is 0.169 e. The van der Waals surface area contributed by atoms with E-state index < -0.39 is 6.10 Å². The van der Waals surface area contributed by atoms with Crippen molar-refractivity contribution in [1.29, 1.82) is 0 Å². The standard InChI is InChI=1S/C11H13ClO2/c1-7-6-10(12)4-5-11(7)14-9(3)8(2)13/h4-6,9H,1-3H3/t9-/m0/s1. The van der Waals surface area contributed by atoms with Crippen LogP contribution in [0.5, 0.6) is 5.75 Å². The van der Waals surface area contributed by atoms with Crippen LogP contribution in [-0.2, 0) is 4.79 Å². The summed E-state index contributed by atoms with van der Waals surface area (Å²) in [5, 5.41) is 0.672. The van der Waals surface area contributed by atoms with Crippen LogP contribution in [0.1, 0.15) is 19.4 Å². The Morgan fingerprint density at radius 3 is 2.64 bits per heavy atom. The van der Waals surface area contributed by atoms with E-state index in [0.29, 0.717) is 10.8 Å². The summed E-state index contributed by atoms with van der Waals surface area (Å²) in [7, 11) is 0. The second-order valence-electron chi connectivity index (χ2n) is 3.28. The van der Waals surface area contributed by atoms with E-state index in [1.54, 1.807) is 19.1 Å². The zero-order chi connectivity index (χ0) is 10.7. The van der Waals surface area contributed by atoms with Gasteiger partial charge in [-0.15, -0.1) is 0 Å². The van der Waals surface area contributed by atoms with E-state index in [1.807, 2.05) is 13.0 Å². The van der Waals surface area contributed by atoms with Gasteiger partial charge in [-0.3, -0.25) is 4.79 Å². The Morgan fingerprint density at radius 2 is 2.14 bits per heavy atom. The molecule has 0 heterocycles. The molecule has 0 aliphatic rings. The van der Waals surface area contributed by atoms with Crippen LogP contribution in [0.2, 0.25) is 5.02 Å². The van der Waals surface area contributed by atoms with Crippen molar-refractivity contribution >= 4 is 17.4 Å². The average molecular weight is 213 g/mol. The first-order valence-corrected chi connectivity index (χ1v) is 4.81. The first kappa shape index (κ1) is 11.1. The SMILES string of the molecule is CC(=O)[C@H](C)Oc1ccc(Cl)cc1C. The topological polar surface area (TPSA) is 26.3 Å².